The normalized spacial score (nSPS) is 14.2. The van der Waals surface area contributed by atoms with Crippen LogP contribution in [-0.4, -0.2) is 52.0 Å². The number of aliphatic hydroxyl groups is 1. The van der Waals surface area contributed by atoms with Gasteiger partial charge in [-0.15, -0.1) is 0 Å². The van der Waals surface area contributed by atoms with Crippen molar-refractivity contribution in [2.24, 2.45) is 0 Å². The molecule has 2 heterocycles. The molecule has 0 unspecified atom stereocenters. The summed E-state index contributed by atoms with van der Waals surface area (Å²) in [4.78, 5) is 26.9. The maximum absolute atomic E-state index is 12.8. The highest BCUT2D eigenvalue weighted by atomic mass is 16.5. The van der Waals surface area contributed by atoms with E-state index in [1.54, 1.807) is 23.9 Å². The number of para-hydroxylation sites is 1. The second-order valence-corrected chi connectivity index (χ2v) is 6.56. The third-order valence-electron chi connectivity index (χ3n) is 4.71. The van der Waals surface area contributed by atoms with Gasteiger partial charge >= 0.3 is 0 Å². The van der Waals surface area contributed by atoms with Gasteiger partial charge in [-0.1, -0.05) is 24.3 Å². The molecule has 2 aromatic carbocycles. The van der Waals surface area contributed by atoms with Crippen molar-refractivity contribution in [3.8, 4) is 5.75 Å². The number of carbonyl (C=O) groups excluding carboxylic acids is 1. The van der Waals surface area contributed by atoms with Gasteiger partial charge in [0.05, 0.1) is 25.3 Å². The van der Waals surface area contributed by atoms with Crippen LogP contribution in [0.25, 0.3) is 10.9 Å². The molecule has 1 amide bonds. The monoisotopic (exact) mass is 365 g/mol. The molecule has 7 nitrogen and oxygen atoms in total. The van der Waals surface area contributed by atoms with Gasteiger partial charge in [0, 0.05) is 18.5 Å². The Labute approximate surface area is 155 Å². The van der Waals surface area contributed by atoms with Gasteiger partial charge in [-0.2, -0.15) is 5.10 Å². The van der Waals surface area contributed by atoms with Crippen LogP contribution in [0.15, 0.2) is 53.3 Å². The molecule has 1 aliphatic heterocycles. The second kappa shape index (κ2) is 6.85. The van der Waals surface area contributed by atoms with Gasteiger partial charge in [0.1, 0.15) is 5.75 Å². The molecule has 4 rings (SSSR count). The van der Waals surface area contributed by atoms with E-state index in [4.69, 9.17) is 4.74 Å². The Balaban J connectivity index is 1.77. The number of nitrogens with zero attached hydrogens (tertiary/aromatic N) is 3. The number of likely N-dealkylation sites (tertiary alicyclic amines) is 1. The summed E-state index contributed by atoms with van der Waals surface area (Å²) in [5.74, 6) is 0.309. The van der Waals surface area contributed by atoms with Crippen molar-refractivity contribution in [3.05, 3.63) is 70.0 Å². The molecular weight excluding hydrogens is 346 g/mol. The first-order chi connectivity index (χ1) is 13.1. The van der Waals surface area contributed by atoms with Crippen molar-refractivity contribution in [2.45, 2.75) is 12.6 Å². The number of hydrogen-bond acceptors (Lipinski definition) is 5. The maximum Gasteiger partial charge on any atom is 0.278 e. The fourth-order valence-corrected chi connectivity index (χ4v) is 3.17. The average molecular weight is 365 g/mol. The van der Waals surface area contributed by atoms with E-state index in [9.17, 15) is 14.7 Å². The summed E-state index contributed by atoms with van der Waals surface area (Å²) < 4.78 is 6.84. The van der Waals surface area contributed by atoms with Gasteiger partial charge < -0.3 is 14.7 Å². The molecule has 1 aliphatic rings. The fourth-order valence-electron chi connectivity index (χ4n) is 3.17. The molecule has 0 aliphatic carbocycles. The largest absolute Gasteiger partial charge is 0.497 e. The molecule has 1 saturated heterocycles. The minimum atomic E-state index is -0.532. The highest BCUT2D eigenvalue weighted by Gasteiger charge is 2.32. The third-order valence-corrected chi connectivity index (χ3v) is 4.71. The first-order valence-corrected chi connectivity index (χ1v) is 8.67. The number of methoxy groups -OCH3 is 1. The van der Waals surface area contributed by atoms with E-state index in [0.29, 0.717) is 17.4 Å². The summed E-state index contributed by atoms with van der Waals surface area (Å²) in [6, 6.07) is 14.7. The zero-order chi connectivity index (χ0) is 19.0. The topological polar surface area (TPSA) is 84.7 Å². The van der Waals surface area contributed by atoms with Crippen molar-refractivity contribution < 1.29 is 14.6 Å². The Bertz CT molecular complexity index is 1050. The lowest BCUT2D eigenvalue weighted by Gasteiger charge is -2.35. The third kappa shape index (κ3) is 3.17. The summed E-state index contributed by atoms with van der Waals surface area (Å²) in [7, 11) is 1.61. The quantitative estimate of drug-likeness (QED) is 0.753. The Morgan fingerprint density at radius 2 is 1.89 bits per heavy atom. The number of carbonyl (C=O) groups is 1. The van der Waals surface area contributed by atoms with Gasteiger partial charge in [0.15, 0.2) is 5.69 Å². The van der Waals surface area contributed by atoms with Gasteiger partial charge in [0.25, 0.3) is 5.91 Å². The highest BCUT2D eigenvalue weighted by Crippen LogP contribution is 2.17. The van der Waals surface area contributed by atoms with Crippen LogP contribution >= 0.6 is 0 Å². The molecule has 138 valence electrons. The second-order valence-electron chi connectivity index (χ2n) is 6.56. The Morgan fingerprint density at radius 3 is 2.56 bits per heavy atom. The number of rotatable bonds is 4. The summed E-state index contributed by atoms with van der Waals surface area (Å²) in [5, 5.41) is 14.3. The molecule has 7 heteroatoms. The van der Waals surface area contributed by atoms with Gasteiger partial charge in [-0.25, -0.2) is 0 Å². The molecule has 0 bridgehead atoms. The summed E-state index contributed by atoms with van der Waals surface area (Å²) in [6.45, 7) is 0.865. The van der Waals surface area contributed by atoms with Crippen molar-refractivity contribution in [3.63, 3.8) is 0 Å². The maximum atomic E-state index is 12.8. The molecule has 1 fully saturated rings. The molecule has 0 radical (unpaired) electrons. The number of fused-ring (bicyclic) bond motifs is 1. The zero-order valence-corrected chi connectivity index (χ0v) is 14.8. The van der Waals surface area contributed by atoms with E-state index in [1.165, 1.54) is 4.90 Å². The van der Waals surface area contributed by atoms with Gasteiger partial charge in [-0.3, -0.25) is 14.3 Å². The summed E-state index contributed by atoms with van der Waals surface area (Å²) >= 11 is 0. The minimum absolute atomic E-state index is 0.117. The number of aromatic nitrogens is 2. The van der Waals surface area contributed by atoms with E-state index >= 15 is 0 Å². The lowest BCUT2D eigenvalue weighted by molar-refractivity contribution is 0.00528. The fraction of sp³-hybridized carbons (Fsp3) is 0.250. The Hall–Kier alpha value is -3.19. The van der Waals surface area contributed by atoms with Crippen molar-refractivity contribution in [1.82, 2.24) is 14.7 Å². The Morgan fingerprint density at radius 1 is 1.19 bits per heavy atom. The summed E-state index contributed by atoms with van der Waals surface area (Å²) in [6.07, 6.45) is -0.532. The molecule has 27 heavy (non-hydrogen) atoms. The van der Waals surface area contributed by atoms with Crippen LogP contribution < -0.4 is 10.2 Å². The number of benzene rings is 2. The van der Waals surface area contributed by atoms with Crippen molar-refractivity contribution in [1.29, 1.82) is 0 Å². The van der Waals surface area contributed by atoms with E-state index in [-0.39, 0.29) is 24.2 Å². The molecule has 3 aromatic rings. The zero-order valence-electron chi connectivity index (χ0n) is 14.8. The predicted octanol–water partition coefficient (Wildman–Crippen LogP) is 1.27. The van der Waals surface area contributed by atoms with Crippen molar-refractivity contribution in [2.75, 3.05) is 20.2 Å². The van der Waals surface area contributed by atoms with Gasteiger partial charge in [0.2, 0.25) is 5.43 Å². The standard InChI is InChI=1S/C20H19N3O4/c1-27-15-8-6-13(7-9-15)10-23-17-5-3-2-4-16(17)19(25)18(21-23)20(26)22-11-14(24)12-22/h2-9,14,24H,10-12H2,1H3. The number of β-amino-alcohol motifs (C(OH)–C–C–N with tert-alkyl or cyclic N) is 1. The van der Waals surface area contributed by atoms with Crippen LogP contribution in [0.1, 0.15) is 16.1 Å². The molecule has 1 aromatic heterocycles. The lowest BCUT2D eigenvalue weighted by Crippen LogP contribution is -2.54. The SMILES string of the molecule is COc1ccc(Cn2nc(C(=O)N3CC(O)C3)c(=O)c3ccccc32)cc1. The number of aliphatic hydroxyl groups excluding tert-OH is 1. The number of hydrogen-bond donors (Lipinski definition) is 1. The molecular formula is C20H19N3O4. The number of ether oxygens (including phenoxy) is 1. The molecule has 1 N–H and O–H groups in total. The van der Waals surface area contributed by atoms with E-state index in [1.807, 2.05) is 36.4 Å². The predicted molar refractivity (Wildman–Crippen MR) is 100 cm³/mol. The lowest BCUT2D eigenvalue weighted by atomic mass is 10.1. The van der Waals surface area contributed by atoms with Crippen LogP contribution in [0.4, 0.5) is 0 Å². The van der Waals surface area contributed by atoms with E-state index in [0.717, 1.165) is 11.3 Å². The van der Waals surface area contributed by atoms with Crippen LogP contribution in [0.3, 0.4) is 0 Å². The molecule has 0 spiro atoms. The van der Waals surface area contributed by atoms with Crippen LogP contribution in [0.2, 0.25) is 0 Å². The molecule has 0 saturated carbocycles. The summed E-state index contributed by atoms with van der Waals surface area (Å²) in [5.41, 5.74) is 1.13. The van der Waals surface area contributed by atoms with Crippen LogP contribution in [0.5, 0.6) is 5.75 Å². The van der Waals surface area contributed by atoms with Crippen molar-refractivity contribution >= 4 is 16.8 Å². The highest BCUT2D eigenvalue weighted by molar-refractivity contribution is 5.95. The van der Waals surface area contributed by atoms with E-state index in [2.05, 4.69) is 5.10 Å². The first kappa shape index (κ1) is 17.2. The first-order valence-electron chi connectivity index (χ1n) is 8.67. The van der Waals surface area contributed by atoms with E-state index < -0.39 is 12.0 Å². The van der Waals surface area contributed by atoms with Crippen LogP contribution in [0, 0.1) is 0 Å². The Kier molecular flexibility index (Phi) is 4.37. The average Bonchev–Trinajstić information content (AvgIpc) is 2.68. The van der Waals surface area contributed by atoms with Gasteiger partial charge in [-0.05, 0) is 29.8 Å². The smallest absolute Gasteiger partial charge is 0.278 e. The minimum Gasteiger partial charge on any atom is -0.497 e. The molecule has 0 atom stereocenters. The van der Waals surface area contributed by atoms with Crippen LogP contribution in [-0.2, 0) is 6.54 Å². The number of amides is 1.